The molecule has 0 spiro atoms. The fraction of sp³-hybridized carbons (Fsp3) is 0. The average molecular weight is 752 g/mol. The van der Waals surface area contributed by atoms with Gasteiger partial charge in [-0.3, -0.25) is 0 Å². The van der Waals surface area contributed by atoms with E-state index in [2.05, 4.69) is 238 Å². The number of rotatable bonds is 6. The van der Waals surface area contributed by atoms with Crippen LogP contribution in [0.1, 0.15) is 0 Å². The van der Waals surface area contributed by atoms with Crippen LogP contribution < -0.4 is 4.90 Å². The Morgan fingerprint density at radius 3 is 1.61 bits per heavy atom. The molecule has 3 nitrogen and oxygen atoms in total. The Labute approximate surface area is 341 Å². The van der Waals surface area contributed by atoms with Gasteiger partial charge in [-0.15, -0.1) is 0 Å². The van der Waals surface area contributed by atoms with Gasteiger partial charge in [-0.25, -0.2) is 0 Å². The summed E-state index contributed by atoms with van der Waals surface area (Å²) < 4.78 is 4.84. The summed E-state index contributed by atoms with van der Waals surface area (Å²) in [5.74, 6) is 0. The van der Waals surface area contributed by atoms with Crippen LogP contribution in [-0.4, -0.2) is 9.13 Å². The van der Waals surface area contributed by atoms with Crippen molar-refractivity contribution in [3.8, 4) is 22.5 Å². The summed E-state index contributed by atoms with van der Waals surface area (Å²) >= 11 is 0. The van der Waals surface area contributed by atoms with Gasteiger partial charge in [0.25, 0.3) is 0 Å². The largest absolute Gasteiger partial charge is 0.309 e. The van der Waals surface area contributed by atoms with Crippen LogP contribution in [0, 0.1) is 0 Å². The van der Waals surface area contributed by atoms with Gasteiger partial charge in [-0.05, 0) is 94.0 Å². The number of benzene rings is 10. The quantitative estimate of drug-likeness (QED) is 0.154. The second-order valence-electron chi connectivity index (χ2n) is 15.3. The lowest BCUT2D eigenvalue weighted by Crippen LogP contribution is -2.11. The van der Waals surface area contributed by atoms with Gasteiger partial charge in [0.1, 0.15) is 0 Å². The van der Waals surface area contributed by atoms with Crippen molar-refractivity contribution < 1.29 is 0 Å². The van der Waals surface area contributed by atoms with E-state index in [9.17, 15) is 0 Å². The maximum atomic E-state index is 2.51. The third-order valence-electron chi connectivity index (χ3n) is 12.1. The molecule has 12 rings (SSSR count). The zero-order chi connectivity index (χ0) is 38.9. The molecule has 12 aromatic rings. The minimum Gasteiger partial charge on any atom is -0.309 e. The summed E-state index contributed by atoms with van der Waals surface area (Å²) in [6.45, 7) is 0. The van der Waals surface area contributed by atoms with Gasteiger partial charge >= 0.3 is 0 Å². The van der Waals surface area contributed by atoms with Crippen molar-refractivity contribution in [3.05, 3.63) is 224 Å². The number of hydrogen-bond donors (Lipinski definition) is 0. The van der Waals surface area contributed by atoms with E-state index in [1.807, 2.05) is 0 Å². The Kier molecular flexibility index (Phi) is 7.54. The highest BCUT2D eigenvalue weighted by molar-refractivity contribution is 6.20. The Morgan fingerprint density at radius 2 is 0.831 bits per heavy atom. The van der Waals surface area contributed by atoms with Crippen molar-refractivity contribution in [3.63, 3.8) is 0 Å². The van der Waals surface area contributed by atoms with Crippen LogP contribution in [0.15, 0.2) is 224 Å². The van der Waals surface area contributed by atoms with Gasteiger partial charge in [-0.1, -0.05) is 158 Å². The molecular formula is C56H37N3. The average Bonchev–Trinajstić information content (AvgIpc) is 3.83. The topological polar surface area (TPSA) is 13.1 Å². The molecule has 0 aliphatic rings. The van der Waals surface area contributed by atoms with Gasteiger partial charge in [0.05, 0.1) is 33.4 Å². The minimum absolute atomic E-state index is 1.09. The number of aromatic nitrogens is 2. The third kappa shape index (κ3) is 5.22. The van der Waals surface area contributed by atoms with Crippen molar-refractivity contribution in [1.29, 1.82) is 0 Å². The van der Waals surface area contributed by atoms with E-state index in [1.54, 1.807) is 0 Å². The first-order chi connectivity index (χ1) is 29.3. The van der Waals surface area contributed by atoms with E-state index in [-0.39, 0.29) is 0 Å². The Morgan fingerprint density at radius 1 is 0.288 bits per heavy atom. The molecule has 0 aliphatic heterocycles. The van der Waals surface area contributed by atoms with Crippen molar-refractivity contribution in [2.75, 3.05) is 4.90 Å². The second kappa shape index (κ2) is 13.4. The van der Waals surface area contributed by atoms with Crippen molar-refractivity contribution >= 4 is 82.2 Å². The number of fused-ring (bicyclic) bond motifs is 9. The SMILES string of the molecule is c1ccc(-c2ccc(-n3c4ccccc4c4ccc(N(c5cc6ccccc6c6ccccc56)c5cccc6c5c5ccccc5n6-c5ccccc5)cc43)cc2)cc1. The fourth-order valence-electron chi connectivity index (χ4n) is 9.48. The maximum Gasteiger partial charge on any atom is 0.0562 e. The fourth-order valence-corrected chi connectivity index (χ4v) is 9.48. The zero-order valence-electron chi connectivity index (χ0n) is 32.2. The van der Waals surface area contributed by atoms with Crippen LogP contribution in [0.5, 0.6) is 0 Å². The summed E-state index contributed by atoms with van der Waals surface area (Å²) in [4.78, 5) is 2.51. The van der Waals surface area contributed by atoms with Gasteiger partial charge in [0.15, 0.2) is 0 Å². The summed E-state index contributed by atoms with van der Waals surface area (Å²) in [6.07, 6.45) is 0. The molecule has 0 aliphatic carbocycles. The molecular weight excluding hydrogens is 715 g/mol. The maximum absolute atomic E-state index is 2.51. The number of nitrogens with zero attached hydrogens (tertiary/aromatic N) is 3. The summed E-state index contributed by atoms with van der Waals surface area (Å²) in [5.41, 5.74) is 12.7. The van der Waals surface area contributed by atoms with Gasteiger partial charge in [-0.2, -0.15) is 0 Å². The molecule has 0 N–H and O–H groups in total. The van der Waals surface area contributed by atoms with Gasteiger partial charge in [0.2, 0.25) is 0 Å². The molecule has 2 heterocycles. The molecule has 10 aromatic carbocycles. The highest BCUT2D eigenvalue weighted by Gasteiger charge is 2.24. The molecule has 0 bridgehead atoms. The lowest BCUT2D eigenvalue weighted by molar-refractivity contribution is 1.18. The summed E-state index contributed by atoms with van der Waals surface area (Å²) in [7, 11) is 0. The van der Waals surface area contributed by atoms with Crippen molar-refractivity contribution in [1.82, 2.24) is 9.13 Å². The van der Waals surface area contributed by atoms with E-state index < -0.39 is 0 Å². The molecule has 0 amide bonds. The van der Waals surface area contributed by atoms with E-state index in [4.69, 9.17) is 0 Å². The van der Waals surface area contributed by atoms with Crippen LogP contribution >= 0.6 is 0 Å². The third-order valence-corrected chi connectivity index (χ3v) is 12.1. The first-order valence-corrected chi connectivity index (χ1v) is 20.3. The number of para-hydroxylation sites is 3. The summed E-state index contributed by atoms with van der Waals surface area (Å²) in [5, 5.41) is 9.77. The molecule has 276 valence electrons. The molecule has 0 fully saturated rings. The highest BCUT2D eigenvalue weighted by Crippen LogP contribution is 2.48. The Balaban J connectivity index is 1.17. The molecule has 0 atom stereocenters. The minimum atomic E-state index is 1.09. The smallest absolute Gasteiger partial charge is 0.0562 e. The van der Waals surface area contributed by atoms with Crippen molar-refractivity contribution in [2.45, 2.75) is 0 Å². The predicted molar refractivity (Wildman–Crippen MR) is 250 cm³/mol. The molecule has 2 aromatic heterocycles. The van der Waals surface area contributed by atoms with Crippen LogP contribution in [0.3, 0.4) is 0 Å². The molecule has 0 radical (unpaired) electrons. The lowest BCUT2D eigenvalue weighted by atomic mass is 9.98. The van der Waals surface area contributed by atoms with E-state index in [0.717, 1.165) is 34.0 Å². The number of anilines is 3. The van der Waals surface area contributed by atoms with Gasteiger partial charge < -0.3 is 14.0 Å². The zero-order valence-corrected chi connectivity index (χ0v) is 32.2. The molecule has 59 heavy (non-hydrogen) atoms. The van der Waals surface area contributed by atoms with Crippen LogP contribution in [0.4, 0.5) is 17.1 Å². The first kappa shape index (κ1) is 33.3. The molecule has 0 saturated heterocycles. The molecule has 0 saturated carbocycles. The second-order valence-corrected chi connectivity index (χ2v) is 15.3. The van der Waals surface area contributed by atoms with E-state index in [0.29, 0.717) is 0 Å². The van der Waals surface area contributed by atoms with E-state index in [1.165, 1.54) is 70.8 Å². The van der Waals surface area contributed by atoms with Crippen LogP contribution in [-0.2, 0) is 0 Å². The molecule has 0 unspecified atom stereocenters. The monoisotopic (exact) mass is 751 g/mol. The number of hydrogen-bond acceptors (Lipinski definition) is 1. The summed E-state index contributed by atoms with van der Waals surface area (Å²) in [6, 6.07) is 81.8. The van der Waals surface area contributed by atoms with E-state index >= 15 is 0 Å². The Bertz CT molecular complexity index is 3540. The van der Waals surface area contributed by atoms with Crippen LogP contribution in [0.25, 0.3) is 87.7 Å². The highest BCUT2D eigenvalue weighted by atomic mass is 15.2. The first-order valence-electron chi connectivity index (χ1n) is 20.3. The molecule has 3 heteroatoms. The Hall–Kier alpha value is -7.88. The standard InChI is InChI=1S/C56H37N3/c1-3-16-38(17-4-1)39-30-32-42(33-31-39)58-50-26-13-11-24-47(50)48-35-34-43(37-55(48)58)59(54-36-40-18-7-8-21-44(40)45-22-9-10-23-46(45)54)53-29-15-28-52-56(53)49-25-12-14-27-51(49)57(52)41-19-5-2-6-20-41/h1-37H. The van der Waals surface area contributed by atoms with Crippen LogP contribution in [0.2, 0.25) is 0 Å². The predicted octanol–water partition coefficient (Wildman–Crippen LogP) is 15.3. The normalized spacial score (nSPS) is 11.7. The van der Waals surface area contributed by atoms with Gasteiger partial charge in [0, 0.05) is 44.0 Å². The lowest BCUT2D eigenvalue weighted by Gasteiger charge is -2.29. The van der Waals surface area contributed by atoms with Crippen molar-refractivity contribution in [2.24, 2.45) is 0 Å².